The Kier molecular flexibility index (Phi) is 6.01. The van der Waals surface area contributed by atoms with Crippen LogP contribution in [0.2, 0.25) is 0 Å². The van der Waals surface area contributed by atoms with E-state index in [1.54, 1.807) is 4.90 Å². The van der Waals surface area contributed by atoms with E-state index in [0.717, 1.165) is 27.0 Å². The summed E-state index contributed by atoms with van der Waals surface area (Å²) in [5, 5.41) is 12.3. The first-order valence-corrected chi connectivity index (χ1v) is 10.9. The smallest absolute Gasteiger partial charge is 0.249 e. The molecule has 29 heavy (non-hydrogen) atoms. The number of carbonyl (C=O) groups is 2. The first-order valence-electron chi connectivity index (χ1n) is 9.34. The minimum atomic E-state index is -0.468. The molecule has 1 aromatic heterocycles. The average Bonchev–Trinajstić information content (AvgIpc) is 3.38. The van der Waals surface area contributed by atoms with Crippen LogP contribution in [0.4, 0.5) is 5.13 Å². The number of hydrogen-bond donors (Lipinski definition) is 1. The number of nitrogens with one attached hydrogen (secondary N) is 1. The molecule has 0 spiro atoms. The molecule has 1 aliphatic heterocycles. The highest BCUT2D eigenvalue weighted by molar-refractivity contribution is 9.10. The first-order chi connectivity index (χ1) is 14.1. The Morgan fingerprint density at radius 2 is 1.97 bits per heavy atom. The number of hydrogen-bond acceptors (Lipinski definition) is 5. The van der Waals surface area contributed by atoms with Crippen LogP contribution in [-0.4, -0.2) is 39.5 Å². The fourth-order valence-electron chi connectivity index (χ4n) is 3.41. The molecule has 0 radical (unpaired) electrons. The fraction of sp³-hybridized carbons (Fsp3) is 0.238. The van der Waals surface area contributed by atoms with Gasteiger partial charge in [-0.05, 0) is 30.5 Å². The van der Waals surface area contributed by atoms with Gasteiger partial charge in [0, 0.05) is 16.6 Å². The van der Waals surface area contributed by atoms with Crippen molar-refractivity contribution < 1.29 is 9.59 Å². The number of carbonyl (C=O) groups excluding carboxylic acids is 2. The monoisotopic (exact) mass is 470 g/mol. The molecule has 2 amide bonds. The molecule has 1 aliphatic rings. The largest absolute Gasteiger partial charge is 0.330 e. The fourth-order valence-corrected chi connectivity index (χ4v) is 4.55. The summed E-state index contributed by atoms with van der Waals surface area (Å²) in [6.07, 6.45) is 1.78. The Morgan fingerprint density at radius 3 is 2.76 bits per heavy atom. The number of halogens is 1. The van der Waals surface area contributed by atoms with E-state index in [1.165, 1.54) is 11.3 Å². The predicted octanol–water partition coefficient (Wildman–Crippen LogP) is 4.14. The van der Waals surface area contributed by atoms with Crippen LogP contribution < -0.4 is 5.32 Å². The third kappa shape index (κ3) is 4.71. The van der Waals surface area contributed by atoms with Gasteiger partial charge in [-0.2, -0.15) is 0 Å². The lowest BCUT2D eigenvalue weighted by atomic mass is 10.1. The lowest BCUT2D eigenvalue weighted by Crippen LogP contribution is -2.43. The maximum absolute atomic E-state index is 12.8. The predicted molar refractivity (Wildman–Crippen MR) is 117 cm³/mol. The molecule has 3 aromatic rings. The number of amides is 2. The molecule has 8 heteroatoms. The second kappa shape index (κ2) is 8.84. The van der Waals surface area contributed by atoms with E-state index in [9.17, 15) is 9.59 Å². The zero-order valence-electron chi connectivity index (χ0n) is 15.5. The van der Waals surface area contributed by atoms with Crippen LogP contribution in [-0.2, 0) is 16.0 Å². The molecular weight excluding hydrogens is 452 g/mol. The molecule has 1 unspecified atom stereocenters. The molecule has 1 saturated heterocycles. The normalized spacial score (nSPS) is 16.0. The van der Waals surface area contributed by atoms with E-state index in [0.29, 0.717) is 24.5 Å². The summed E-state index contributed by atoms with van der Waals surface area (Å²) in [6, 6.07) is 16.9. The molecular formula is C21H19BrN4O2S. The summed E-state index contributed by atoms with van der Waals surface area (Å²) in [4.78, 5) is 27.2. The Bertz CT molecular complexity index is 1020. The van der Waals surface area contributed by atoms with Crippen LogP contribution in [0.5, 0.6) is 0 Å². The summed E-state index contributed by atoms with van der Waals surface area (Å²) in [7, 11) is 0. The maximum Gasteiger partial charge on any atom is 0.249 e. The van der Waals surface area contributed by atoms with Gasteiger partial charge in [0.05, 0.1) is 6.42 Å². The van der Waals surface area contributed by atoms with Gasteiger partial charge in [0.2, 0.25) is 16.9 Å². The molecule has 0 aliphatic carbocycles. The quantitative estimate of drug-likeness (QED) is 0.607. The van der Waals surface area contributed by atoms with E-state index in [1.807, 2.05) is 54.6 Å². The molecule has 4 rings (SSSR count). The minimum Gasteiger partial charge on any atom is -0.330 e. The summed E-state index contributed by atoms with van der Waals surface area (Å²) in [5.74, 6) is -0.234. The van der Waals surface area contributed by atoms with Crippen molar-refractivity contribution in [3.8, 4) is 10.6 Å². The van der Waals surface area contributed by atoms with E-state index in [4.69, 9.17) is 0 Å². The molecule has 6 nitrogen and oxygen atoms in total. The zero-order valence-corrected chi connectivity index (χ0v) is 17.9. The molecule has 1 N–H and O–H groups in total. The van der Waals surface area contributed by atoms with Crippen LogP contribution in [0.15, 0.2) is 59.1 Å². The Labute approximate surface area is 181 Å². The molecule has 1 fully saturated rings. The SMILES string of the molecule is O=C(Nc1nnc(-c2cccc(Br)c2)s1)C1CCCN1C(=O)Cc1ccccc1. The van der Waals surface area contributed by atoms with Gasteiger partial charge >= 0.3 is 0 Å². The lowest BCUT2D eigenvalue weighted by Gasteiger charge is -2.23. The number of anilines is 1. The van der Waals surface area contributed by atoms with Crippen LogP contribution in [0, 0.1) is 0 Å². The van der Waals surface area contributed by atoms with Gasteiger partial charge in [-0.3, -0.25) is 14.9 Å². The van der Waals surface area contributed by atoms with Crippen molar-refractivity contribution in [3.63, 3.8) is 0 Å². The summed E-state index contributed by atoms with van der Waals surface area (Å²) in [5.41, 5.74) is 1.88. The Hall–Kier alpha value is -2.58. The third-order valence-electron chi connectivity index (χ3n) is 4.80. The number of aromatic nitrogens is 2. The van der Waals surface area contributed by atoms with Gasteiger partial charge in [-0.15, -0.1) is 10.2 Å². The summed E-state index contributed by atoms with van der Waals surface area (Å²) < 4.78 is 0.953. The maximum atomic E-state index is 12.8. The number of likely N-dealkylation sites (tertiary alicyclic amines) is 1. The van der Waals surface area contributed by atoms with Gasteiger partial charge in [0.25, 0.3) is 0 Å². The van der Waals surface area contributed by atoms with Crippen molar-refractivity contribution in [2.75, 3.05) is 11.9 Å². The third-order valence-corrected chi connectivity index (χ3v) is 6.18. The topological polar surface area (TPSA) is 75.2 Å². The van der Waals surface area contributed by atoms with E-state index < -0.39 is 6.04 Å². The lowest BCUT2D eigenvalue weighted by molar-refractivity contribution is -0.136. The average molecular weight is 471 g/mol. The van der Waals surface area contributed by atoms with Crippen molar-refractivity contribution in [3.05, 3.63) is 64.6 Å². The first kappa shape index (κ1) is 19.7. The highest BCUT2D eigenvalue weighted by Crippen LogP contribution is 2.29. The molecule has 148 valence electrons. The highest BCUT2D eigenvalue weighted by atomic mass is 79.9. The Balaban J connectivity index is 1.42. The van der Waals surface area contributed by atoms with Crippen LogP contribution >= 0.6 is 27.3 Å². The summed E-state index contributed by atoms with van der Waals surface area (Å²) in [6.45, 7) is 0.600. The number of nitrogens with zero attached hydrogens (tertiary/aromatic N) is 3. The van der Waals surface area contributed by atoms with Crippen molar-refractivity contribution >= 4 is 44.2 Å². The van der Waals surface area contributed by atoms with Crippen molar-refractivity contribution in [1.29, 1.82) is 0 Å². The molecule has 2 heterocycles. The number of rotatable bonds is 5. The number of benzene rings is 2. The van der Waals surface area contributed by atoms with Crippen molar-refractivity contribution in [2.45, 2.75) is 25.3 Å². The molecule has 1 atom stereocenters. The van der Waals surface area contributed by atoms with Gasteiger partial charge in [0.1, 0.15) is 11.0 Å². The minimum absolute atomic E-state index is 0.0269. The molecule has 0 bridgehead atoms. The van der Waals surface area contributed by atoms with E-state index >= 15 is 0 Å². The second-order valence-electron chi connectivity index (χ2n) is 6.82. The summed E-state index contributed by atoms with van der Waals surface area (Å²) >= 11 is 4.76. The van der Waals surface area contributed by atoms with Gasteiger partial charge < -0.3 is 4.90 Å². The Morgan fingerprint density at radius 1 is 1.14 bits per heavy atom. The van der Waals surface area contributed by atoms with Gasteiger partial charge in [-0.25, -0.2) is 0 Å². The van der Waals surface area contributed by atoms with Crippen molar-refractivity contribution in [1.82, 2.24) is 15.1 Å². The van der Waals surface area contributed by atoms with E-state index in [2.05, 4.69) is 31.4 Å². The van der Waals surface area contributed by atoms with E-state index in [-0.39, 0.29) is 11.8 Å². The van der Waals surface area contributed by atoms with Crippen LogP contribution in [0.3, 0.4) is 0 Å². The van der Waals surface area contributed by atoms with Crippen LogP contribution in [0.1, 0.15) is 18.4 Å². The van der Waals surface area contributed by atoms with Gasteiger partial charge in [-0.1, -0.05) is 69.7 Å². The molecule has 0 saturated carbocycles. The highest BCUT2D eigenvalue weighted by Gasteiger charge is 2.34. The van der Waals surface area contributed by atoms with Gasteiger partial charge in [0.15, 0.2) is 0 Å². The van der Waals surface area contributed by atoms with Crippen molar-refractivity contribution in [2.24, 2.45) is 0 Å². The zero-order chi connectivity index (χ0) is 20.2. The molecule has 2 aromatic carbocycles. The van der Waals surface area contributed by atoms with Crippen LogP contribution in [0.25, 0.3) is 10.6 Å². The standard InChI is InChI=1S/C21H19BrN4O2S/c22-16-9-4-8-15(13-16)20-24-25-21(29-20)23-19(28)17-10-5-11-26(17)18(27)12-14-6-2-1-3-7-14/h1-4,6-9,13,17H,5,10-12H2,(H,23,25,28). The second-order valence-corrected chi connectivity index (χ2v) is 8.71.